The topological polar surface area (TPSA) is 50.2 Å². The molecule has 0 fully saturated rings. The number of nitrogens with zero attached hydrogens (tertiary/aromatic N) is 1. The predicted molar refractivity (Wildman–Crippen MR) is 48.7 cm³/mol. The van der Waals surface area contributed by atoms with E-state index in [1.54, 1.807) is 6.07 Å². The van der Waals surface area contributed by atoms with Gasteiger partial charge in [0, 0.05) is 16.7 Å². The highest BCUT2D eigenvalue weighted by Crippen LogP contribution is 2.10. The fourth-order valence-corrected chi connectivity index (χ4v) is 0.899. The van der Waals surface area contributed by atoms with Crippen LogP contribution in [0, 0.1) is 0 Å². The largest absolute Gasteiger partial charge is 0.476 e. The zero-order chi connectivity index (χ0) is 9.84. The van der Waals surface area contributed by atoms with E-state index in [-0.39, 0.29) is 5.69 Å². The second-order valence-corrected chi connectivity index (χ2v) is 3.11. The second kappa shape index (κ2) is 4.13. The highest BCUT2D eigenvalue weighted by atomic mass is 79.9. The highest BCUT2D eigenvalue weighted by Gasteiger charge is 2.04. The Labute approximate surface area is 82.0 Å². The lowest BCUT2D eigenvalue weighted by Gasteiger charge is -1.92. The van der Waals surface area contributed by atoms with Gasteiger partial charge in [-0.1, -0.05) is 0 Å². The summed E-state index contributed by atoms with van der Waals surface area (Å²) < 4.78 is 13.3. The van der Waals surface area contributed by atoms with Crippen LogP contribution >= 0.6 is 15.9 Å². The molecule has 5 heteroatoms. The Hall–Kier alpha value is -1.23. The standard InChI is InChI=1S/C8H5BrFNO2/c9-5-1-2-6(11-4-5)3-7(10)8(12)13/h1-4H,(H,12,13)/b7-3-. The Morgan fingerprint density at radius 3 is 2.77 bits per heavy atom. The number of hydrogen-bond donors (Lipinski definition) is 1. The average Bonchev–Trinajstić information content (AvgIpc) is 2.08. The van der Waals surface area contributed by atoms with Gasteiger partial charge in [0.25, 0.3) is 0 Å². The summed E-state index contributed by atoms with van der Waals surface area (Å²) >= 11 is 3.15. The van der Waals surface area contributed by atoms with Gasteiger partial charge in [0.1, 0.15) is 0 Å². The van der Waals surface area contributed by atoms with Crippen molar-refractivity contribution in [2.45, 2.75) is 0 Å². The summed E-state index contributed by atoms with van der Waals surface area (Å²) in [5, 5.41) is 8.22. The summed E-state index contributed by atoms with van der Waals surface area (Å²) in [7, 11) is 0. The lowest BCUT2D eigenvalue weighted by molar-refractivity contribution is -0.134. The fourth-order valence-electron chi connectivity index (χ4n) is 0.664. The zero-order valence-electron chi connectivity index (χ0n) is 6.37. The van der Waals surface area contributed by atoms with Crippen LogP contribution < -0.4 is 0 Å². The van der Waals surface area contributed by atoms with E-state index >= 15 is 0 Å². The van der Waals surface area contributed by atoms with Gasteiger partial charge in [-0.3, -0.25) is 4.98 Å². The first-order chi connectivity index (χ1) is 6.09. The minimum Gasteiger partial charge on any atom is -0.476 e. The predicted octanol–water partition coefficient (Wildman–Crippen LogP) is 2.24. The average molecular weight is 246 g/mol. The number of carbonyl (C=O) groups is 1. The number of carboxylic acids is 1. The second-order valence-electron chi connectivity index (χ2n) is 2.20. The molecule has 0 saturated heterocycles. The number of pyridine rings is 1. The van der Waals surface area contributed by atoms with E-state index in [2.05, 4.69) is 20.9 Å². The molecule has 0 aliphatic heterocycles. The fraction of sp³-hybridized carbons (Fsp3) is 0. The van der Waals surface area contributed by atoms with Crippen molar-refractivity contribution in [3.05, 3.63) is 34.3 Å². The molecule has 1 N–H and O–H groups in total. The van der Waals surface area contributed by atoms with Crippen molar-refractivity contribution in [3.63, 3.8) is 0 Å². The summed E-state index contributed by atoms with van der Waals surface area (Å²) in [6.45, 7) is 0. The van der Waals surface area contributed by atoms with Gasteiger partial charge in [0.2, 0.25) is 5.83 Å². The van der Waals surface area contributed by atoms with Crippen LogP contribution in [0.1, 0.15) is 5.69 Å². The molecule has 0 atom stereocenters. The van der Waals surface area contributed by atoms with Crippen molar-refractivity contribution in [2.75, 3.05) is 0 Å². The molecule has 1 heterocycles. The van der Waals surface area contributed by atoms with E-state index in [1.165, 1.54) is 12.3 Å². The molecule has 0 radical (unpaired) electrons. The molecule has 0 aliphatic carbocycles. The van der Waals surface area contributed by atoms with Gasteiger partial charge in [-0.25, -0.2) is 4.79 Å². The number of aromatic nitrogens is 1. The number of hydrogen-bond acceptors (Lipinski definition) is 2. The Morgan fingerprint density at radius 1 is 1.62 bits per heavy atom. The quantitative estimate of drug-likeness (QED) is 0.814. The van der Waals surface area contributed by atoms with E-state index in [0.717, 1.165) is 10.5 Å². The van der Waals surface area contributed by atoms with Crippen molar-refractivity contribution < 1.29 is 14.3 Å². The summed E-state index contributed by atoms with van der Waals surface area (Å²) in [6.07, 6.45) is 2.32. The number of halogens is 2. The molecular weight excluding hydrogens is 241 g/mol. The van der Waals surface area contributed by atoms with Crippen LogP contribution in [-0.4, -0.2) is 16.1 Å². The van der Waals surface area contributed by atoms with E-state index in [9.17, 15) is 9.18 Å². The van der Waals surface area contributed by atoms with Crippen LogP contribution in [0.3, 0.4) is 0 Å². The molecule has 1 rings (SSSR count). The molecule has 0 aliphatic rings. The van der Waals surface area contributed by atoms with Crippen molar-refractivity contribution in [3.8, 4) is 0 Å². The SMILES string of the molecule is O=C(O)/C(F)=C/c1ccc(Br)cn1. The van der Waals surface area contributed by atoms with Crippen LogP contribution in [0.2, 0.25) is 0 Å². The molecular formula is C8H5BrFNO2. The summed E-state index contributed by atoms with van der Waals surface area (Å²) in [5.41, 5.74) is 0.267. The first-order valence-corrected chi connectivity index (χ1v) is 4.11. The van der Waals surface area contributed by atoms with E-state index in [1.807, 2.05) is 0 Å². The van der Waals surface area contributed by atoms with Gasteiger partial charge in [-0.15, -0.1) is 0 Å². The van der Waals surface area contributed by atoms with Crippen LogP contribution in [0.15, 0.2) is 28.6 Å². The molecule has 0 amide bonds. The number of rotatable bonds is 2. The Kier molecular flexibility index (Phi) is 3.13. The first-order valence-electron chi connectivity index (χ1n) is 3.31. The summed E-state index contributed by atoms with van der Waals surface area (Å²) in [5.74, 6) is -2.82. The van der Waals surface area contributed by atoms with Gasteiger partial charge in [-0.05, 0) is 28.1 Å². The summed E-state index contributed by atoms with van der Waals surface area (Å²) in [4.78, 5) is 13.9. The molecule has 0 spiro atoms. The van der Waals surface area contributed by atoms with Crippen molar-refractivity contribution in [1.29, 1.82) is 0 Å². The third-order valence-corrected chi connectivity index (χ3v) is 1.70. The van der Waals surface area contributed by atoms with Gasteiger partial charge in [0.05, 0.1) is 5.69 Å². The molecule has 0 saturated carbocycles. The van der Waals surface area contributed by atoms with Crippen LogP contribution in [0.4, 0.5) is 4.39 Å². The minimum absolute atomic E-state index is 0.267. The van der Waals surface area contributed by atoms with E-state index in [4.69, 9.17) is 5.11 Å². The Bertz CT molecular complexity index is 348. The van der Waals surface area contributed by atoms with Gasteiger partial charge >= 0.3 is 5.97 Å². The van der Waals surface area contributed by atoms with Crippen LogP contribution in [-0.2, 0) is 4.79 Å². The molecule has 68 valence electrons. The maximum absolute atomic E-state index is 12.5. The van der Waals surface area contributed by atoms with Gasteiger partial charge in [-0.2, -0.15) is 4.39 Å². The molecule has 0 bridgehead atoms. The lowest BCUT2D eigenvalue weighted by atomic mass is 10.3. The maximum Gasteiger partial charge on any atom is 0.364 e. The van der Waals surface area contributed by atoms with Gasteiger partial charge < -0.3 is 5.11 Å². The molecule has 13 heavy (non-hydrogen) atoms. The van der Waals surface area contributed by atoms with Crippen LogP contribution in [0.25, 0.3) is 6.08 Å². The highest BCUT2D eigenvalue weighted by molar-refractivity contribution is 9.10. The summed E-state index contributed by atoms with van der Waals surface area (Å²) in [6, 6.07) is 3.15. The van der Waals surface area contributed by atoms with E-state index in [0.29, 0.717) is 0 Å². The van der Waals surface area contributed by atoms with Gasteiger partial charge in [0.15, 0.2) is 0 Å². The Balaban J connectivity index is 2.92. The first kappa shape index (κ1) is 9.85. The molecule has 3 nitrogen and oxygen atoms in total. The number of aliphatic carboxylic acids is 1. The van der Waals surface area contributed by atoms with Crippen molar-refractivity contribution in [1.82, 2.24) is 4.98 Å². The third-order valence-electron chi connectivity index (χ3n) is 1.23. The third kappa shape index (κ3) is 2.95. The molecule has 1 aromatic heterocycles. The Morgan fingerprint density at radius 2 is 2.31 bits per heavy atom. The normalized spacial score (nSPS) is 11.4. The molecule has 1 aromatic rings. The van der Waals surface area contributed by atoms with Crippen molar-refractivity contribution >= 4 is 28.0 Å². The van der Waals surface area contributed by atoms with Crippen LogP contribution in [0.5, 0.6) is 0 Å². The molecule has 0 unspecified atom stereocenters. The zero-order valence-corrected chi connectivity index (χ0v) is 7.95. The maximum atomic E-state index is 12.5. The lowest BCUT2D eigenvalue weighted by Crippen LogP contribution is -1.94. The smallest absolute Gasteiger partial charge is 0.364 e. The van der Waals surface area contributed by atoms with E-state index < -0.39 is 11.8 Å². The van der Waals surface area contributed by atoms with Crippen molar-refractivity contribution in [2.24, 2.45) is 0 Å². The monoisotopic (exact) mass is 245 g/mol. The number of carboxylic acid groups (broad SMARTS) is 1. The molecule has 0 aromatic carbocycles. The minimum atomic E-state index is -1.59.